The van der Waals surface area contributed by atoms with Gasteiger partial charge in [0.15, 0.2) is 0 Å². The number of anilines is 4. The molecule has 3 aromatic rings. The predicted octanol–water partition coefficient (Wildman–Crippen LogP) is 4.64. The third-order valence-electron chi connectivity index (χ3n) is 4.26. The Balaban J connectivity index is 1.64. The number of hydrogen-bond acceptors (Lipinski definition) is 5. The average molecular weight is 361 g/mol. The van der Waals surface area contributed by atoms with E-state index in [-0.39, 0.29) is 0 Å². The van der Waals surface area contributed by atoms with Crippen LogP contribution in [0.25, 0.3) is 0 Å². The molecule has 0 fully saturated rings. The Morgan fingerprint density at radius 2 is 1.67 bits per heavy atom. The molecule has 0 aliphatic rings. The molecule has 2 N–H and O–H groups in total. The van der Waals surface area contributed by atoms with Crippen molar-refractivity contribution in [2.24, 2.45) is 0 Å². The average Bonchev–Trinajstić information content (AvgIpc) is 2.68. The molecule has 5 heteroatoms. The fraction of sp³-hybridized carbons (Fsp3) is 0.273. The van der Waals surface area contributed by atoms with Gasteiger partial charge in [-0.1, -0.05) is 48.0 Å². The van der Waals surface area contributed by atoms with Gasteiger partial charge in [0.2, 0.25) is 5.95 Å². The standard InChI is InChI=1S/C22H27N5/c1-17-11-13-19(14-12-17)24-20-16-21(27(2)3)26-22(25-20)23-15-7-10-18-8-5-4-6-9-18/h4-6,8-9,11-14,16H,7,10,15H2,1-3H3,(H2,23,24,25,26). The van der Waals surface area contributed by atoms with Gasteiger partial charge in [0, 0.05) is 32.4 Å². The first kappa shape index (κ1) is 18.7. The van der Waals surface area contributed by atoms with E-state index in [1.54, 1.807) is 0 Å². The van der Waals surface area contributed by atoms with Crippen molar-refractivity contribution in [2.75, 3.05) is 36.2 Å². The van der Waals surface area contributed by atoms with E-state index in [0.717, 1.165) is 36.7 Å². The van der Waals surface area contributed by atoms with Gasteiger partial charge >= 0.3 is 0 Å². The number of aromatic nitrogens is 2. The Labute approximate surface area is 161 Å². The molecule has 0 unspecified atom stereocenters. The van der Waals surface area contributed by atoms with Gasteiger partial charge in [-0.15, -0.1) is 0 Å². The summed E-state index contributed by atoms with van der Waals surface area (Å²) in [5.74, 6) is 2.29. The van der Waals surface area contributed by atoms with E-state index < -0.39 is 0 Å². The molecule has 0 saturated carbocycles. The summed E-state index contributed by atoms with van der Waals surface area (Å²) in [4.78, 5) is 11.2. The Hall–Kier alpha value is -3.08. The predicted molar refractivity (Wildman–Crippen MR) is 114 cm³/mol. The Kier molecular flexibility index (Phi) is 6.26. The summed E-state index contributed by atoms with van der Waals surface area (Å²) in [6.07, 6.45) is 2.07. The molecule has 5 nitrogen and oxygen atoms in total. The molecule has 140 valence electrons. The van der Waals surface area contributed by atoms with Crippen LogP contribution in [-0.2, 0) is 6.42 Å². The maximum absolute atomic E-state index is 4.62. The molecule has 0 bridgehead atoms. The van der Waals surface area contributed by atoms with Crippen LogP contribution in [-0.4, -0.2) is 30.6 Å². The highest BCUT2D eigenvalue weighted by Crippen LogP contribution is 2.21. The normalized spacial score (nSPS) is 10.5. The molecular formula is C22H27N5. The third kappa shape index (κ3) is 5.71. The van der Waals surface area contributed by atoms with Crippen molar-refractivity contribution in [2.45, 2.75) is 19.8 Å². The van der Waals surface area contributed by atoms with Crippen molar-refractivity contribution in [3.63, 3.8) is 0 Å². The molecule has 2 aromatic carbocycles. The van der Waals surface area contributed by atoms with Gasteiger partial charge in [-0.2, -0.15) is 9.97 Å². The second-order valence-electron chi connectivity index (χ2n) is 6.84. The number of rotatable bonds is 8. The highest BCUT2D eigenvalue weighted by atomic mass is 15.2. The van der Waals surface area contributed by atoms with Gasteiger partial charge in [0.1, 0.15) is 11.6 Å². The minimum Gasteiger partial charge on any atom is -0.363 e. The summed E-state index contributed by atoms with van der Waals surface area (Å²) in [7, 11) is 3.97. The van der Waals surface area contributed by atoms with Crippen molar-refractivity contribution >= 4 is 23.3 Å². The summed E-state index contributed by atoms with van der Waals surface area (Å²) in [6.45, 7) is 2.91. The molecule has 0 radical (unpaired) electrons. The van der Waals surface area contributed by atoms with Crippen molar-refractivity contribution in [1.29, 1.82) is 0 Å². The minimum absolute atomic E-state index is 0.642. The SMILES string of the molecule is Cc1ccc(Nc2cc(N(C)C)nc(NCCCc3ccccc3)n2)cc1. The van der Waals surface area contributed by atoms with Crippen molar-refractivity contribution in [3.05, 3.63) is 71.8 Å². The number of aryl methyl sites for hydroxylation is 2. The maximum Gasteiger partial charge on any atom is 0.226 e. The molecule has 0 aliphatic carbocycles. The van der Waals surface area contributed by atoms with Crippen molar-refractivity contribution in [1.82, 2.24) is 9.97 Å². The largest absolute Gasteiger partial charge is 0.363 e. The molecular weight excluding hydrogens is 334 g/mol. The lowest BCUT2D eigenvalue weighted by atomic mass is 10.1. The molecule has 27 heavy (non-hydrogen) atoms. The van der Waals surface area contributed by atoms with Gasteiger partial charge in [-0.25, -0.2) is 0 Å². The molecule has 0 aliphatic heterocycles. The van der Waals surface area contributed by atoms with E-state index in [1.165, 1.54) is 11.1 Å². The highest BCUT2D eigenvalue weighted by molar-refractivity contribution is 5.61. The minimum atomic E-state index is 0.642. The second-order valence-corrected chi connectivity index (χ2v) is 6.84. The topological polar surface area (TPSA) is 53.1 Å². The molecule has 0 spiro atoms. The summed E-state index contributed by atoms with van der Waals surface area (Å²) in [5, 5.41) is 6.72. The fourth-order valence-electron chi connectivity index (χ4n) is 2.73. The number of hydrogen-bond donors (Lipinski definition) is 2. The zero-order chi connectivity index (χ0) is 19.1. The van der Waals surface area contributed by atoms with Crippen LogP contribution in [0.2, 0.25) is 0 Å². The van der Waals surface area contributed by atoms with Crippen LogP contribution in [0, 0.1) is 6.92 Å². The molecule has 0 amide bonds. The van der Waals surface area contributed by atoms with Crippen LogP contribution >= 0.6 is 0 Å². The Morgan fingerprint density at radius 1 is 0.926 bits per heavy atom. The molecule has 1 heterocycles. The fourth-order valence-corrected chi connectivity index (χ4v) is 2.73. The number of nitrogens with zero attached hydrogens (tertiary/aromatic N) is 3. The zero-order valence-corrected chi connectivity index (χ0v) is 16.2. The van der Waals surface area contributed by atoms with Crippen LogP contribution in [0.1, 0.15) is 17.5 Å². The number of benzene rings is 2. The van der Waals surface area contributed by atoms with E-state index in [0.29, 0.717) is 5.95 Å². The van der Waals surface area contributed by atoms with E-state index in [1.807, 2.05) is 31.1 Å². The molecule has 0 atom stereocenters. The zero-order valence-electron chi connectivity index (χ0n) is 16.2. The first-order chi connectivity index (χ1) is 13.1. The van der Waals surface area contributed by atoms with Gasteiger partial charge < -0.3 is 15.5 Å². The Bertz CT molecular complexity index is 844. The van der Waals surface area contributed by atoms with Crippen molar-refractivity contribution < 1.29 is 0 Å². The van der Waals surface area contributed by atoms with E-state index in [2.05, 4.69) is 76.1 Å². The molecule has 0 saturated heterocycles. The maximum atomic E-state index is 4.62. The van der Waals surface area contributed by atoms with E-state index in [9.17, 15) is 0 Å². The quantitative estimate of drug-likeness (QED) is 0.573. The van der Waals surface area contributed by atoms with Crippen LogP contribution < -0.4 is 15.5 Å². The van der Waals surface area contributed by atoms with Crippen molar-refractivity contribution in [3.8, 4) is 0 Å². The van der Waals surface area contributed by atoms with Crippen LogP contribution in [0.5, 0.6) is 0 Å². The second kappa shape index (κ2) is 9.03. The smallest absolute Gasteiger partial charge is 0.226 e. The van der Waals surface area contributed by atoms with Gasteiger partial charge in [0.25, 0.3) is 0 Å². The lowest BCUT2D eigenvalue weighted by Gasteiger charge is -2.15. The van der Waals surface area contributed by atoms with E-state index in [4.69, 9.17) is 0 Å². The van der Waals surface area contributed by atoms with Gasteiger partial charge in [-0.3, -0.25) is 0 Å². The van der Waals surface area contributed by atoms with Gasteiger partial charge in [-0.05, 0) is 37.5 Å². The summed E-state index contributed by atoms with van der Waals surface area (Å²) in [6, 6.07) is 20.8. The lowest BCUT2D eigenvalue weighted by molar-refractivity contribution is 0.852. The first-order valence-corrected chi connectivity index (χ1v) is 9.28. The first-order valence-electron chi connectivity index (χ1n) is 9.28. The summed E-state index contributed by atoms with van der Waals surface area (Å²) < 4.78 is 0. The molecule has 3 rings (SSSR count). The third-order valence-corrected chi connectivity index (χ3v) is 4.26. The summed E-state index contributed by atoms with van der Waals surface area (Å²) in [5.41, 5.74) is 3.60. The highest BCUT2D eigenvalue weighted by Gasteiger charge is 2.07. The Morgan fingerprint density at radius 3 is 2.37 bits per heavy atom. The van der Waals surface area contributed by atoms with Crippen LogP contribution in [0.4, 0.5) is 23.3 Å². The number of nitrogens with one attached hydrogen (secondary N) is 2. The van der Waals surface area contributed by atoms with Gasteiger partial charge in [0.05, 0.1) is 0 Å². The monoisotopic (exact) mass is 361 g/mol. The van der Waals surface area contributed by atoms with Crippen LogP contribution in [0.15, 0.2) is 60.7 Å². The molecule has 1 aromatic heterocycles. The summed E-state index contributed by atoms with van der Waals surface area (Å²) >= 11 is 0. The van der Waals surface area contributed by atoms with Crippen LogP contribution in [0.3, 0.4) is 0 Å². The van der Waals surface area contributed by atoms with E-state index >= 15 is 0 Å². The lowest BCUT2D eigenvalue weighted by Crippen LogP contribution is -2.14.